The first-order valence-electron chi connectivity index (χ1n) is 18.0. The number of para-hydroxylation sites is 3. The molecule has 0 N–H and O–H groups in total. The van der Waals surface area contributed by atoms with E-state index in [0.717, 1.165) is 88.3 Å². The Bertz CT molecular complexity index is 3680. The molecule has 0 aliphatic carbocycles. The van der Waals surface area contributed by atoms with Crippen LogP contribution in [0.25, 0.3) is 121 Å². The molecule has 0 aliphatic heterocycles. The highest BCUT2D eigenvalue weighted by molar-refractivity contribution is 6.35. The van der Waals surface area contributed by atoms with Gasteiger partial charge in [0.25, 0.3) is 0 Å². The topological polar surface area (TPSA) is 48.3 Å². The third-order valence-electron chi connectivity index (χ3n) is 11.4. The number of aromatic nitrogens is 4. The smallest absolute Gasteiger partial charge is 0.165 e. The van der Waals surface area contributed by atoms with Crippen molar-refractivity contribution >= 4 is 104 Å². The van der Waals surface area contributed by atoms with Gasteiger partial charge in [0, 0.05) is 48.7 Å². The highest BCUT2D eigenvalue weighted by atomic mass is 16.3. The van der Waals surface area contributed by atoms with E-state index < -0.39 is 0 Å². The second kappa shape index (κ2) is 9.75. The first-order valence-corrected chi connectivity index (χ1v) is 18.0. The van der Waals surface area contributed by atoms with Crippen molar-refractivity contribution in [3.05, 3.63) is 158 Å². The van der Waals surface area contributed by atoms with E-state index in [0.29, 0.717) is 0 Å². The molecule has 0 atom stereocenters. The lowest BCUT2D eigenvalue weighted by Crippen LogP contribution is -2.04. The van der Waals surface area contributed by atoms with E-state index >= 15 is 0 Å². The highest BCUT2D eigenvalue weighted by Crippen LogP contribution is 2.48. The number of nitrogens with zero attached hydrogens (tertiary/aromatic N) is 4. The second-order valence-electron chi connectivity index (χ2n) is 14.1. The molecule has 244 valence electrons. The molecule has 0 fully saturated rings. The third-order valence-corrected chi connectivity index (χ3v) is 11.4. The fraction of sp³-hybridized carbons (Fsp3) is 0. The van der Waals surface area contributed by atoms with Crippen LogP contribution in [-0.4, -0.2) is 18.9 Å². The van der Waals surface area contributed by atoms with Gasteiger partial charge >= 0.3 is 0 Å². The number of rotatable bonds is 2. The fourth-order valence-corrected chi connectivity index (χ4v) is 9.23. The minimum atomic E-state index is 0.798. The van der Waals surface area contributed by atoms with Crippen LogP contribution >= 0.6 is 0 Å². The molecule has 5 heterocycles. The first kappa shape index (κ1) is 27.5. The lowest BCUT2D eigenvalue weighted by Gasteiger charge is -2.15. The van der Waals surface area contributed by atoms with Gasteiger partial charge in [0.2, 0.25) is 0 Å². The Kier molecular flexibility index (Phi) is 5.06. The predicted molar refractivity (Wildman–Crippen MR) is 219 cm³/mol. The van der Waals surface area contributed by atoms with Gasteiger partial charge in [-0.05, 0) is 41.1 Å². The highest BCUT2D eigenvalue weighted by Gasteiger charge is 2.27. The molecule has 5 heteroatoms. The summed E-state index contributed by atoms with van der Waals surface area (Å²) >= 11 is 0. The Morgan fingerprint density at radius 1 is 0.453 bits per heavy atom. The van der Waals surface area contributed by atoms with Crippen molar-refractivity contribution in [2.75, 3.05) is 0 Å². The molecule has 0 saturated heterocycles. The van der Waals surface area contributed by atoms with E-state index in [-0.39, 0.29) is 0 Å². The molecule has 0 amide bonds. The summed E-state index contributed by atoms with van der Waals surface area (Å²) in [5, 5.41) is 11.5. The molecule has 0 unspecified atom stereocenters. The van der Waals surface area contributed by atoms with Gasteiger partial charge in [-0.3, -0.25) is 4.57 Å². The Morgan fingerprint density at radius 2 is 1.15 bits per heavy atom. The third kappa shape index (κ3) is 3.42. The van der Waals surface area contributed by atoms with E-state index in [9.17, 15) is 0 Å². The van der Waals surface area contributed by atoms with Crippen molar-refractivity contribution in [1.82, 2.24) is 18.9 Å². The Morgan fingerprint density at radius 3 is 2.06 bits per heavy atom. The quantitative estimate of drug-likeness (QED) is 0.172. The summed E-state index contributed by atoms with van der Waals surface area (Å²) in [7, 11) is 0. The van der Waals surface area contributed by atoms with E-state index in [2.05, 4.69) is 167 Å². The molecule has 0 bridgehead atoms. The zero-order valence-corrected chi connectivity index (χ0v) is 28.2. The van der Waals surface area contributed by atoms with Crippen molar-refractivity contribution in [2.45, 2.75) is 0 Å². The summed E-state index contributed by atoms with van der Waals surface area (Å²) in [5.41, 5.74) is 10.9. The van der Waals surface area contributed by atoms with Crippen LogP contribution < -0.4 is 0 Å². The van der Waals surface area contributed by atoms with Crippen LogP contribution in [0.15, 0.2) is 162 Å². The van der Waals surface area contributed by atoms with Gasteiger partial charge in [-0.1, -0.05) is 127 Å². The molecule has 0 spiro atoms. The van der Waals surface area contributed by atoms with Gasteiger partial charge in [-0.15, -0.1) is 0 Å². The van der Waals surface area contributed by atoms with Crippen molar-refractivity contribution in [1.29, 1.82) is 0 Å². The number of fused-ring (bicyclic) bond motifs is 12. The zero-order valence-electron chi connectivity index (χ0n) is 28.2. The molecule has 53 heavy (non-hydrogen) atoms. The molecule has 13 aromatic rings. The summed E-state index contributed by atoms with van der Waals surface area (Å²) < 4.78 is 11.8. The number of benzene rings is 8. The summed E-state index contributed by atoms with van der Waals surface area (Å²) in [4.78, 5) is 11.1. The molecular formula is C48H26N4O. The Labute approximate surface area is 300 Å². The van der Waals surface area contributed by atoms with Crippen molar-refractivity contribution in [2.24, 2.45) is 0 Å². The normalized spacial score (nSPS) is 12.5. The summed E-state index contributed by atoms with van der Waals surface area (Å²) in [6, 6.07) is 56.1. The van der Waals surface area contributed by atoms with Crippen molar-refractivity contribution in [3.63, 3.8) is 0 Å². The van der Waals surface area contributed by atoms with Crippen LogP contribution in [0.3, 0.4) is 0 Å². The molecule has 0 saturated carbocycles. The molecule has 5 aromatic heterocycles. The predicted octanol–water partition coefficient (Wildman–Crippen LogP) is 12.6. The number of hydrogen-bond acceptors (Lipinski definition) is 3. The van der Waals surface area contributed by atoms with Gasteiger partial charge < -0.3 is 8.82 Å². The lowest BCUT2D eigenvalue weighted by atomic mass is 10.0. The molecular weight excluding hydrogens is 649 g/mol. The average Bonchev–Trinajstić information content (AvgIpc) is 3.84. The minimum Gasteiger partial charge on any atom is -0.454 e. The second-order valence-corrected chi connectivity index (χ2v) is 14.1. The van der Waals surface area contributed by atoms with Gasteiger partial charge in [0.05, 0.1) is 38.6 Å². The van der Waals surface area contributed by atoms with Crippen LogP contribution in [-0.2, 0) is 0 Å². The largest absolute Gasteiger partial charge is 0.454 e. The SMILES string of the molecule is c1ccc(-c2nc3ccc4ccccc4c3nc2-n2c3cccc4c5cccc6c7ccccc7n(c56)c5c6oc7ccccc7c6cc2c5c43)cc1. The lowest BCUT2D eigenvalue weighted by molar-refractivity contribution is 0.671. The summed E-state index contributed by atoms with van der Waals surface area (Å²) in [6.07, 6.45) is 0. The molecule has 13 rings (SSSR count). The number of hydrogen-bond donors (Lipinski definition) is 0. The standard InChI is InChI=1S/C48H26N4O/c1-2-13-28(14-3-1)43-48(50-44-29-15-5-4-12-27(29)24-25-36(44)49-43)51-38-22-11-18-32-34-20-10-19-33-30-16-6-8-21-37(30)52(45(33)34)46-42(41(32)38)39(51)26-35-31-17-7-9-23-40(31)53-47(35)46/h1-26H. The van der Waals surface area contributed by atoms with E-state index in [1.807, 2.05) is 0 Å². The van der Waals surface area contributed by atoms with E-state index in [1.54, 1.807) is 0 Å². The molecule has 5 nitrogen and oxygen atoms in total. The van der Waals surface area contributed by atoms with Gasteiger partial charge in [-0.25, -0.2) is 9.97 Å². The maximum Gasteiger partial charge on any atom is 0.165 e. The minimum absolute atomic E-state index is 0.798. The summed E-state index contributed by atoms with van der Waals surface area (Å²) in [6.45, 7) is 0. The van der Waals surface area contributed by atoms with Crippen LogP contribution in [0.5, 0.6) is 0 Å². The first-order chi connectivity index (χ1) is 26.3. The van der Waals surface area contributed by atoms with Gasteiger partial charge in [0.1, 0.15) is 11.3 Å². The number of furan rings is 1. The van der Waals surface area contributed by atoms with Gasteiger partial charge in [0.15, 0.2) is 11.4 Å². The van der Waals surface area contributed by atoms with Crippen molar-refractivity contribution < 1.29 is 4.42 Å². The van der Waals surface area contributed by atoms with Crippen LogP contribution in [0.1, 0.15) is 0 Å². The van der Waals surface area contributed by atoms with E-state index in [1.165, 1.54) is 32.4 Å². The van der Waals surface area contributed by atoms with Crippen LogP contribution in [0.4, 0.5) is 0 Å². The van der Waals surface area contributed by atoms with Gasteiger partial charge in [-0.2, -0.15) is 0 Å². The molecule has 0 aliphatic rings. The van der Waals surface area contributed by atoms with Crippen LogP contribution in [0, 0.1) is 0 Å². The Balaban J connectivity index is 1.35. The zero-order chi connectivity index (χ0) is 34.4. The van der Waals surface area contributed by atoms with Crippen LogP contribution in [0.2, 0.25) is 0 Å². The average molecular weight is 675 g/mol. The maximum absolute atomic E-state index is 6.94. The van der Waals surface area contributed by atoms with E-state index in [4.69, 9.17) is 14.4 Å². The molecule has 0 radical (unpaired) electrons. The molecule has 8 aromatic carbocycles. The Hall–Kier alpha value is -7.24. The maximum atomic E-state index is 6.94. The van der Waals surface area contributed by atoms with Crippen molar-refractivity contribution in [3.8, 4) is 17.1 Å². The fourth-order valence-electron chi connectivity index (χ4n) is 9.23. The monoisotopic (exact) mass is 674 g/mol. The summed E-state index contributed by atoms with van der Waals surface area (Å²) in [5.74, 6) is 0.798.